The van der Waals surface area contributed by atoms with Crippen LogP contribution in [0.5, 0.6) is 0 Å². The first kappa shape index (κ1) is 15.9. The fourth-order valence-corrected chi connectivity index (χ4v) is 3.82. The van der Waals surface area contributed by atoms with Gasteiger partial charge < -0.3 is 9.80 Å². The quantitative estimate of drug-likeness (QED) is 0.692. The third-order valence-electron chi connectivity index (χ3n) is 4.78. The summed E-state index contributed by atoms with van der Waals surface area (Å²) >= 11 is 0. The maximum Gasteiger partial charge on any atom is 0.106 e. The third-order valence-corrected chi connectivity index (χ3v) is 4.78. The minimum Gasteiger partial charge on any atom is -0.347 e. The van der Waals surface area contributed by atoms with E-state index < -0.39 is 0 Å². The Bertz CT molecular complexity index is 675. The molecule has 2 heteroatoms. The second-order valence-corrected chi connectivity index (χ2v) is 6.96. The van der Waals surface area contributed by atoms with Crippen molar-refractivity contribution in [2.75, 3.05) is 9.80 Å². The van der Waals surface area contributed by atoms with Gasteiger partial charge >= 0.3 is 0 Å². The predicted molar refractivity (Wildman–Crippen MR) is 101 cm³/mol. The van der Waals surface area contributed by atoms with Gasteiger partial charge in [-0.2, -0.15) is 0 Å². The highest BCUT2D eigenvalue weighted by molar-refractivity contribution is 5.85. The lowest BCUT2D eigenvalue weighted by Crippen LogP contribution is -2.44. The summed E-state index contributed by atoms with van der Waals surface area (Å²) in [6.07, 6.45) is 1.48. The van der Waals surface area contributed by atoms with E-state index in [1.165, 1.54) is 22.6 Å². The van der Waals surface area contributed by atoms with Crippen LogP contribution in [0, 0.1) is 0 Å². The molecule has 0 bridgehead atoms. The monoisotopic (exact) mass is 308 g/mol. The van der Waals surface area contributed by atoms with Crippen molar-refractivity contribution in [3.8, 4) is 0 Å². The first-order valence-electron chi connectivity index (χ1n) is 8.81. The molecular weight excluding hydrogens is 280 g/mol. The van der Waals surface area contributed by atoms with Crippen molar-refractivity contribution in [2.45, 2.75) is 59.2 Å². The maximum atomic E-state index is 2.56. The minimum absolute atomic E-state index is 0.382. The number of nitrogens with zero attached hydrogens (tertiary/aromatic N) is 2. The zero-order valence-corrected chi connectivity index (χ0v) is 15.0. The summed E-state index contributed by atoms with van der Waals surface area (Å²) in [6, 6.07) is 18.2. The van der Waals surface area contributed by atoms with E-state index in [4.69, 9.17) is 0 Å². The van der Waals surface area contributed by atoms with Crippen molar-refractivity contribution in [3.05, 3.63) is 54.1 Å². The fraction of sp³-hybridized carbons (Fsp3) is 0.429. The van der Waals surface area contributed by atoms with Crippen LogP contribution in [0.3, 0.4) is 0 Å². The molecule has 2 aromatic rings. The van der Waals surface area contributed by atoms with E-state index in [0.717, 1.165) is 6.42 Å². The van der Waals surface area contributed by atoms with Crippen molar-refractivity contribution in [1.29, 1.82) is 0 Å². The molecule has 0 spiro atoms. The largest absolute Gasteiger partial charge is 0.347 e. The Labute approximate surface area is 140 Å². The Balaban J connectivity index is 2.19. The van der Waals surface area contributed by atoms with Crippen molar-refractivity contribution in [2.24, 2.45) is 0 Å². The van der Waals surface area contributed by atoms with Crippen LogP contribution in [-0.4, -0.2) is 12.2 Å². The Kier molecular flexibility index (Phi) is 4.34. The maximum absolute atomic E-state index is 2.56. The van der Waals surface area contributed by atoms with Crippen LogP contribution in [-0.2, 0) is 0 Å². The van der Waals surface area contributed by atoms with Gasteiger partial charge in [-0.1, -0.05) is 51.1 Å². The summed E-state index contributed by atoms with van der Waals surface area (Å²) in [5.74, 6) is 0.518. The molecule has 122 valence electrons. The summed E-state index contributed by atoms with van der Waals surface area (Å²) in [6.45, 7) is 11.4. The number of fused-ring (bicyclic) bond motifs is 1. The lowest BCUT2D eigenvalue weighted by Gasteiger charge is -2.36. The van der Waals surface area contributed by atoms with E-state index in [0.29, 0.717) is 18.1 Å². The standard InChI is InChI=1S/C21H28N2/c1-6-21-22(16(4)5)19-13-9-10-14-20(19)23(21)18-12-8-7-11-17(18)15(2)3/h7-16,21H,6H2,1-5H3. The van der Waals surface area contributed by atoms with Gasteiger partial charge in [0.2, 0.25) is 0 Å². The fourth-order valence-electron chi connectivity index (χ4n) is 3.82. The van der Waals surface area contributed by atoms with Crippen LogP contribution in [0.1, 0.15) is 52.5 Å². The molecule has 1 heterocycles. The number of benzene rings is 2. The molecular formula is C21H28N2. The molecule has 23 heavy (non-hydrogen) atoms. The van der Waals surface area contributed by atoms with Gasteiger partial charge in [0.15, 0.2) is 0 Å². The molecule has 1 unspecified atom stereocenters. The molecule has 2 nitrogen and oxygen atoms in total. The molecule has 2 aromatic carbocycles. The molecule has 1 atom stereocenters. The van der Waals surface area contributed by atoms with Gasteiger partial charge in [-0.15, -0.1) is 0 Å². The number of para-hydroxylation sites is 3. The molecule has 0 N–H and O–H groups in total. The second-order valence-electron chi connectivity index (χ2n) is 6.96. The lowest BCUT2D eigenvalue weighted by atomic mass is 10.00. The van der Waals surface area contributed by atoms with Gasteiger partial charge in [0.1, 0.15) is 6.17 Å². The summed E-state index contributed by atoms with van der Waals surface area (Å²) < 4.78 is 0. The predicted octanol–water partition coefficient (Wildman–Crippen LogP) is 5.91. The molecule has 0 saturated heterocycles. The highest BCUT2D eigenvalue weighted by Crippen LogP contribution is 2.47. The van der Waals surface area contributed by atoms with E-state index in [2.05, 4.69) is 92.9 Å². The molecule has 1 aliphatic rings. The zero-order chi connectivity index (χ0) is 16.6. The Hall–Kier alpha value is -1.96. The van der Waals surface area contributed by atoms with Gasteiger partial charge in [-0.3, -0.25) is 0 Å². The smallest absolute Gasteiger partial charge is 0.106 e. The van der Waals surface area contributed by atoms with E-state index in [-0.39, 0.29) is 0 Å². The molecule has 3 rings (SSSR count). The summed E-state index contributed by atoms with van der Waals surface area (Å²) in [7, 11) is 0. The number of anilines is 3. The van der Waals surface area contributed by atoms with Crippen LogP contribution in [0.15, 0.2) is 48.5 Å². The van der Waals surface area contributed by atoms with Gasteiger partial charge in [0.25, 0.3) is 0 Å². The van der Waals surface area contributed by atoms with Crippen molar-refractivity contribution in [1.82, 2.24) is 0 Å². The van der Waals surface area contributed by atoms with Crippen molar-refractivity contribution in [3.63, 3.8) is 0 Å². The lowest BCUT2D eigenvalue weighted by molar-refractivity contribution is 0.557. The Morgan fingerprint density at radius 1 is 0.826 bits per heavy atom. The van der Waals surface area contributed by atoms with E-state index in [1.807, 2.05) is 0 Å². The number of hydrogen-bond donors (Lipinski definition) is 0. The van der Waals surface area contributed by atoms with Gasteiger partial charge in [0.05, 0.1) is 11.4 Å². The molecule has 0 amide bonds. The summed E-state index contributed by atoms with van der Waals surface area (Å²) in [5.41, 5.74) is 5.46. The van der Waals surface area contributed by atoms with Gasteiger partial charge in [0, 0.05) is 11.7 Å². The average Bonchev–Trinajstić information content (AvgIpc) is 2.89. The van der Waals surface area contributed by atoms with Gasteiger partial charge in [-0.25, -0.2) is 0 Å². The first-order chi connectivity index (χ1) is 11.1. The minimum atomic E-state index is 0.382. The Morgan fingerprint density at radius 2 is 1.39 bits per heavy atom. The molecule has 0 fully saturated rings. The van der Waals surface area contributed by atoms with Crippen LogP contribution in [0.4, 0.5) is 17.1 Å². The van der Waals surface area contributed by atoms with Crippen LogP contribution >= 0.6 is 0 Å². The van der Waals surface area contributed by atoms with Gasteiger partial charge in [-0.05, 0) is 49.9 Å². The molecule has 0 saturated carbocycles. The average molecular weight is 308 g/mol. The SMILES string of the molecule is CCC1N(c2ccccc2C(C)C)c2ccccc2N1C(C)C. The molecule has 0 aliphatic carbocycles. The number of hydrogen-bond acceptors (Lipinski definition) is 2. The van der Waals surface area contributed by atoms with Crippen molar-refractivity contribution >= 4 is 17.1 Å². The first-order valence-corrected chi connectivity index (χ1v) is 8.81. The van der Waals surface area contributed by atoms with E-state index >= 15 is 0 Å². The zero-order valence-electron chi connectivity index (χ0n) is 15.0. The van der Waals surface area contributed by atoms with Crippen LogP contribution in [0.25, 0.3) is 0 Å². The summed E-state index contributed by atoms with van der Waals surface area (Å²) in [4.78, 5) is 5.11. The van der Waals surface area contributed by atoms with Crippen LogP contribution in [0.2, 0.25) is 0 Å². The molecule has 0 aromatic heterocycles. The number of rotatable bonds is 4. The highest BCUT2D eigenvalue weighted by atomic mass is 15.4. The topological polar surface area (TPSA) is 6.48 Å². The van der Waals surface area contributed by atoms with E-state index in [1.54, 1.807) is 0 Å². The second kappa shape index (κ2) is 6.27. The van der Waals surface area contributed by atoms with E-state index in [9.17, 15) is 0 Å². The van der Waals surface area contributed by atoms with Crippen molar-refractivity contribution < 1.29 is 0 Å². The summed E-state index contributed by atoms with van der Waals surface area (Å²) in [5, 5.41) is 0. The molecule has 0 radical (unpaired) electrons. The third kappa shape index (κ3) is 2.60. The highest BCUT2D eigenvalue weighted by Gasteiger charge is 2.37. The molecule has 1 aliphatic heterocycles. The normalized spacial score (nSPS) is 17.3. The Morgan fingerprint density at radius 3 is 1.96 bits per heavy atom. The van der Waals surface area contributed by atoms with Crippen LogP contribution < -0.4 is 9.80 Å².